The highest BCUT2D eigenvalue weighted by molar-refractivity contribution is 9.10. The minimum atomic E-state index is -0.250. The first-order valence-electron chi connectivity index (χ1n) is 7.35. The van der Waals surface area contributed by atoms with Crippen molar-refractivity contribution in [2.75, 3.05) is 29.9 Å². The van der Waals surface area contributed by atoms with E-state index in [4.69, 9.17) is 0 Å². The van der Waals surface area contributed by atoms with Crippen LogP contribution in [0.3, 0.4) is 0 Å². The van der Waals surface area contributed by atoms with E-state index < -0.39 is 0 Å². The van der Waals surface area contributed by atoms with Crippen LogP contribution in [0.1, 0.15) is 31.9 Å². The van der Waals surface area contributed by atoms with Crippen molar-refractivity contribution in [3.8, 4) is 0 Å². The van der Waals surface area contributed by atoms with Gasteiger partial charge < -0.3 is 15.5 Å². The van der Waals surface area contributed by atoms with Crippen molar-refractivity contribution in [3.05, 3.63) is 34.8 Å². The molecule has 0 saturated carbocycles. The van der Waals surface area contributed by atoms with Gasteiger partial charge in [-0.05, 0) is 48.0 Å². The first kappa shape index (κ1) is 16.0. The Kier molecular flexibility index (Phi) is 5.42. The molecule has 114 valence electrons. The van der Waals surface area contributed by atoms with Crippen LogP contribution in [0.25, 0.3) is 0 Å². The molecule has 2 N–H and O–H groups in total. The Hall–Kier alpha value is -1.33. The van der Waals surface area contributed by atoms with E-state index in [2.05, 4.69) is 51.9 Å². The number of nitrogens with one attached hydrogen (secondary N) is 2. The van der Waals surface area contributed by atoms with Crippen molar-refractivity contribution in [2.45, 2.75) is 26.3 Å². The van der Waals surface area contributed by atoms with E-state index in [1.165, 1.54) is 0 Å². The van der Waals surface area contributed by atoms with Crippen molar-refractivity contribution in [2.24, 2.45) is 0 Å². The number of halogens is 1. The van der Waals surface area contributed by atoms with E-state index in [1.54, 1.807) is 0 Å². The van der Waals surface area contributed by atoms with Crippen LogP contribution in [-0.2, 0) is 4.79 Å². The summed E-state index contributed by atoms with van der Waals surface area (Å²) in [6.45, 7) is 10.5. The molecule has 1 aliphatic heterocycles. The van der Waals surface area contributed by atoms with Crippen LogP contribution in [0.2, 0.25) is 0 Å². The predicted octanol–water partition coefficient (Wildman–Crippen LogP) is 3.45. The van der Waals surface area contributed by atoms with E-state index in [-0.39, 0.29) is 11.9 Å². The number of likely N-dealkylation sites (N-methyl/N-ethyl adjacent to an activating group) is 1. The fourth-order valence-corrected chi connectivity index (χ4v) is 3.17. The van der Waals surface area contributed by atoms with Gasteiger partial charge >= 0.3 is 0 Å². The molecule has 1 aromatic carbocycles. The summed E-state index contributed by atoms with van der Waals surface area (Å²) in [5.41, 5.74) is 2.99. The van der Waals surface area contributed by atoms with Crippen LogP contribution >= 0.6 is 15.9 Å². The summed E-state index contributed by atoms with van der Waals surface area (Å²) < 4.78 is 1.00. The molecule has 1 aromatic rings. The molecule has 1 atom stereocenters. The van der Waals surface area contributed by atoms with Crippen LogP contribution in [0.5, 0.6) is 0 Å². The maximum Gasteiger partial charge on any atom is 0.246 e. The molecule has 2 rings (SSSR count). The smallest absolute Gasteiger partial charge is 0.246 e. The van der Waals surface area contributed by atoms with Crippen molar-refractivity contribution in [3.63, 3.8) is 0 Å². The number of rotatable bonds is 7. The van der Waals surface area contributed by atoms with Crippen LogP contribution in [0, 0.1) is 0 Å². The lowest BCUT2D eigenvalue weighted by atomic mass is 10.1. The molecule has 5 heteroatoms. The van der Waals surface area contributed by atoms with Crippen molar-refractivity contribution < 1.29 is 4.79 Å². The minimum Gasteiger partial charge on any atom is -0.367 e. The lowest BCUT2D eigenvalue weighted by Gasteiger charge is -2.23. The maximum atomic E-state index is 12.1. The number of anilines is 2. The van der Waals surface area contributed by atoms with Crippen molar-refractivity contribution >= 4 is 33.2 Å². The third kappa shape index (κ3) is 3.30. The quantitative estimate of drug-likeness (QED) is 0.739. The van der Waals surface area contributed by atoms with E-state index in [0.717, 1.165) is 47.5 Å². The number of nitrogens with zero attached hydrogens (tertiary/aromatic N) is 1. The van der Waals surface area contributed by atoms with Gasteiger partial charge in [0.2, 0.25) is 5.91 Å². The number of benzene rings is 1. The molecule has 0 fully saturated rings. The molecule has 1 amide bonds. The SMILES string of the molecule is C=CCN(CC)c1cc2c(cc1Br)C(NCCC)C(=O)N2. The molecule has 0 aliphatic carbocycles. The molecule has 0 bridgehead atoms. The third-order valence-electron chi connectivity index (χ3n) is 3.62. The standard InChI is InChI=1S/C16H22BrN3O/c1-4-7-18-15-11-9-12(17)14(20(6-3)8-5-2)10-13(11)19-16(15)21/h5,9-10,15,18H,2,4,6-8H2,1,3H3,(H,19,21). The lowest BCUT2D eigenvalue weighted by Crippen LogP contribution is -2.28. The summed E-state index contributed by atoms with van der Waals surface area (Å²) in [4.78, 5) is 14.3. The van der Waals surface area contributed by atoms with Crippen LogP contribution in [-0.4, -0.2) is 25.5 Å². The zero-order valence-corrected chi connectivity index (χ0v) is 14.2. The Morgan fingerprint density at radius 1 is 1.48 bits per heavy atom. The number of fused-ring (bicyclic) bond motifs is 1. The lowest BCUT2D eigenvalue weighted by molar-refractivity contribution is -0.117. The monoisotopic (exact) mass is 351 g/mol. The molecular formula is C16H22BrN3O. The van der Waals surface area contributed by atoms with Gasteiger partial charge in [0.25, 0.3) is 0 Å². The number of hydrogen-bond donors (Lipinski definition) is 2. The van der Waals surface area contributed by atoms with Gasteiger partial charge in [-0.3, -0.25) is 4.79 Å². The first-order chi connectivity index (χ1) is 10.1. The van der Waals surface area contributed by atoms with Gasteiger partial charge in [0.1, 0.15) is 6.04 Å². The molecule has 1 heterocycles. The van der Waals surface area contributed by atoms with E-state index in [0.29, 0.717) is 0 Å². The van der Waals surface area contributed by atoms with Gasteiger partial charge in [0.05, 0.1) is 5.69 Å². The largest absolute Gasteiger partial charge is 0.367 e. The van der Waals surface area contributed by atoms with Gasteiger partial charge in [0, 0.05) is 28.8 Å². The van der Waals surface area contributed by atoms with Gasteiger partial charge in [-0.25, -0.2) is 0 Å². The zero-order valence-electron chi connectivity index (χ0n) is 12.6. The fourth-order valence-electron chi connectivity index (χ4n) is 2.56. The predicted molar refractivity (Wildman–Crippen MR) is 91.9 cm³/mol. The van der Waals surface area contributed by atoms with Crippen LogP contribution in [0.15, 0.2) is 29.3 Å². The summed E-state index contributed by atoms with van der Waals surface area (Å²) in [5.74, 6) is 0.0225. The Morgan fingerprint density at radius 2 is 2.24 bits per heavy atom. The number of amides is 1. The van der Waals surface area contributed by atoms with Crippen LogP contribution < -0.4 is 15.5 Å². The molecule has 0 radical (unpaired) electrons. The van der Waals surface area contributed by atoms with Crippen molar-refractivity contribution in [1.29, 1.82) is 0 Å². The molecule has 0 aromatic heterocycles. The summed E-state index contributed by atoms with van der Waals surface area (Å²) in [6.07, 6.45) is 2.88. The average Bonchev–Trinajstić information content (AvgIpc) is 2.77. The number of carbonyl (C=O) groups excluding carboxylic acids is 1. The highest BCUT2D eigenvalue weighted by atomic mass is 79.9. The van der Waals surface area contributed by atoms with E-state index >= 15 is 0 Å². The summed E-state index contributed by atoms with van der Waals surface area (Å²) in [7, 11) is 0. The molecule has 1 aliphatic rings. The van der Waals surface area contributed by atoms with E-state index in [1.807, 2.05) is 18.2 Å². The molecule has 0 saturated heterocycles. The zero-order chi connectivity index (χ0) is 15.4. The fraction of sp³-hybridized carbons (Fsp3) is 0.438. The van der Waals surface area contributed by atoms with Gasteiger partial charge in [-0.15, -0.1) is 6.58 Å². The second-order valence-electron chi connectivity index (χ2n) is 5.09. The van der Waals surface area contributed by atoms with Crippen molar-refractivity contribution in [1.82, 2.24) is 5.32 Å². The van der Waals surface area contributed by atoms with E-state index in [9.17, 15) is 4.79 Å². The Balaban J connectivity index is 2.34. The number of carbonyl (C=O) groups is 1. The number of hydrogen-bond acceptors (Lipinski definition) is 3. The topological polar surface area (TPSA) is 44.4 Å². The van der Waals surface area contributed by atoms with Crippen LogP contribution in [0.4, 0.5) is 11.4 Å². The van der Waals surface area contributed by atoms with Gasteiger partial charge in [-0.1, -0.05) is 13.0 Å². The highest BCUT2D eigenvalue weighted by Crippen LogP contribution is 2.39. The molecule has 4 nitrogen and oxygen atoms in total. The summed E-state index contributed by atoms with van der Waals surface area (Å²) in [5, 5.41) is 6.26. The molecule has 0 spiro atoms. The molecule has 1 unspecified atom stereocenters. The Labute approximate surface area is 134 Å². The molecular weight excluding hydrogens is 330 g/mol. The van der Waals surface area contributed by atoms with Gasteiger partial charge in [-0.2, -0.15) is 0 Å². The third-order valence-corrected chi connectivity index (χ3v) is 4.26. The molecule has 21 heavy (non-hydrogen) atoms. The summed E-state index contributed by atoms with van der Waals surface area (Å²) in [6, 6.07) is 3.83. The maximum absolute atomic E-state index is 12.1. The second kappa shape index (κ2) is 7.09. The summed E-state index contributed by atoms with van der Waals surface area (Å²) >= 11 is 3.63. The Morgan fingerprint density at radius 3 is 2.86 bits per heavy atom. The van der Waals surface area contributed by atoms with Gasteiger partial charge in [0.15, 0.2) is 0 Å². The first-order valence-corrected chi connectivity index (χ1v) is 8.15. The highest BCUT2D eigenvalue weighted by Gasteiger charge is 2.31. The minimum absolute atomic E-state index is 0.0225. The normalized spacial score (nSPS) is 16.5. The Bertz CT molecular complexity index is 545. The average molecular weight is 352 g/mol. The second-order valence-corrected chi connectivity index (χ2v) is 5.95.